The van der Waals surface area contributed by atoms with Gasteiger partial charge in [0.15, 0.2) is 5.11 Å². The average molecular weight is 419 g/mol. The van der Waals surface area contributed by atoms with Gasteiger partial charge in [-0.15, -0.1) is 0 Å². The van der Waals surface area contributed by atoms with Gasteiger partial charge < -0.3 is 10.6 Å². The quantitative estimate of drug-likeness (QED) is 0.427. The number of hydrogen-bond donors (Lipinski definition) is 2. The Hall–Kier alpha value is -1.44. The van der Waals surface area contributed by atoms with Crippen LogP contribution < -0.4 is 10.6 Å². The van der Waals surface area contributed by atoms with Crippen LogP contribution in [-0.2, 0) is 11.9 Å². The molecule has 0 fully saturated rings. The van der Waals surface area contributed by atoms with Gasteiger partial charge in [-0.05, 0) is 60.3 Å². The second-order valence-electron chi connectivity index (χ2n) is 5.49. The van der Waals surface area contributed by atoms with Crippen LogP contribution in [0, 0.1) is 0 Å². The Bertz CT molecular complexity index is 721. The summed E-state index contributed by atoms with van der Waals surface area (Å²) in [6.45, 7) is 0.651. The summed E-state index contributed by atoms with van der Waals surface area (Å²) in [5, 5.41) is 6.82. The van der Waals surface area contributed by atoms with Gasteiger partial charge in [-0.2, -0.15) is 24.9 Å². The smallest absolute Gasteiger partial charge is 0.362 e. The molecule has 26 heavy (non-hydrogen) atoms. The van der Waals surface area contributed by atoms with E-state index in [4.69, 9.17) is 23.8 Å². The molecule has 0 heterocycles. The number of thioether (sulfide) groups is 1. The van der Waals surface area contributed by atoms with Crippen molar-refractivity contribution in [2.45, 2.75) is 18.3 Å². The van der Waals surface area contributed by atoms with Crippen molar-refractivity contribution >= 4 is 46.4 Å². The van der Waals surface area contributed by atoms with Crippen molar-refractivity contribution < 1.29 is 13.2 Å². The third-order valence-electron chi connectivity index (χ3n) is 3.38. The molecule has 0 saturated carbocycles. The molecule has 0 radical (unpaired) electrons. The van der Waals surface area contributed by atoms with E-state index in [1.807, 2.05) is 24.3 Å². The lowest BCUT2D eigenvalue weighted by molar-refractivity contribution is -0.137. The number of halogens is 4. The minimum absolute atomic E-state index is 0.312. The highest BCUT2D eigenvalue weighted by atomic mass is 35.5. The standard InChI is InChI=1S/C18H18ClF3N2S2/c19-15-7-5-13(6-8-15)12-26-10-2-9-23-17(25)24-16-4-1-3-14(11-16)18(20,21)22/h1,3-8,11H,2,9-10,12H2,(H2,23,24,25). The Labute approximate surface area is 165 Å². The molecule has 0 aliphatic heterocycles. The third kappa shape index (κ3) is 7.43. The summed E-state index contributed by atoms with van der Waals surface area (Å²) in [7, 11) is 0. The Balaban J connectivity index is 1.64. The highest BCUT2D eigenvalue weighted by molar-refractivity contribution is 7.98. The first-order valence-electron chi connectivity index (χ1n) is 7.89. The number of thiocarbonyl (C=S) groups is 1. The van der Waals surface area contributed by atoms with Crippen LogP contribution in [0.3, 0.4) is 0 Å². The molecule has 2 nitrogen and oxygen atoms in total. The van der Waals surface area contributed by atoms with Gasteiger partial charge in [-0.25, -0.2) is 0 Å². The summed E-state index contributed by atoms with van der Waals surface area (Å²) in [5.41, 5.74) is 0.826. The van der Waals surface area contributed by atoms with E-state index in [0.29, 0.717) is 17.3 Å². The van der Waals surface area contributed by atoms with Gasteiger partial charge in [0.2, 0.25) is 0 Å². The first-order valence-corrected chi connectivity index (χ1v) is 9.83. The maximum Gasteiger partial charge on any atom is 0.416 e. The number of anilines is 1. The first kappa shape index (κ1) is 20.9. The van der Waals surface area contributed by atoms with Crippen molar-refractivity contribution in [3.05, 3.63) is 64.7 Å². The summed E-state index contributed by atoms with van der Waals surface area (Å²) >= 11 is 12.8. The fourth-order valence-corrected chi connectivity index (χ4v) is 3.36. The molecule has 2 aromatic rings. The van der Waals surface area contributed by atoms with Crippen LogP contribution in [0.4, 0.5) is 18.9 Å². The molecule has 0 saturated heterocycles. The van der Waals surface area contributed by atoms with Gasteiger partial charge >= 0.3 is 6.18 Å². The lowest BCUT2D eigenvalue weighted by Gasteiger charge is -2.12. The molecule has 2 N–H and O–H groups in total. The Morgan fingerprint density at radius 3 is 2.54 bits per heavy atom. The van der Waals surface area contributed by atoms with Crippen molar-refractivity contribution in [2.24, 2.45) is 0 Å². The van der Waals surface area contributed by atoms with Crippen molar-refractivity contribution in [1.29, 1.82) is 0 Å². The molecule has 2 rings (SSSR count). The molecule has 0 aliphatic rings. The Kier molecular flexibility index (Phi) is 8.06. The molecule has 140 valence electrons. The number of rotatable bonds is 7. The molecule has 0 bridgehead atoms. The van der Waals surface area contributed by atoms with Gasteiger partial charge in [-0.1, -0.05) is 29.8 Å². The lowest BCUT2D eigenvalue weighted by atomic mass is 10.2. The monoisotopic (exact) mass is 418 g/mol. The van der Waals surface area contributed by atoms with E-state index in [0.717, 1.165) is 35.1 Å². The average Bonchev–Trinajstić information content (AvgIpc) is 2.59. The minimum Gasteiger partial charge on any atom is -0.362 e. The van der Waals surface area contributed by atoms with E-state index in [1.165, 1.54) is 11.6 Å². The molecule has 0 atom stereocenters. The molecule has 0 aliphatic carbocycles. The zero-order valence-electron chi connectivity index (χ0n) is 13.8. The second kappa shape index (κ2) is 10.0. The molecule has 2 aromatic carbocycles. The van der Waals surface area contributed by atoms with Gasteiger partial charge in [-0.3, -0.25) is 0 Å². The number of nitrogens with one attached hydrogen (secondary N) is 2. The van der Waals surface area contributed by atoms with Crippen LogP contribution in [-0.4, -0.2) is 17.4 Å². The maximum atomic E-state index is 12.7. The topological polar surface area (TPSA) is 24.1 Å². The molecular weight excluding hydrogens is 401 g/mol. The summed E-state index contributed by atoms with van der Waals surface area (Å²) < 4.78 is 38.1. The van der Waals surface area contributed by atoms with Crippen molar-refractivity contribution in [3.8, 4) is 0 Å². The summed E-state index contributed by atoms with van der Waals surface area (Å²) in [5.74, 6) is 1.85. The maximum absolute atomic E-state index is 12.7. The second-order valence-corrected chi connectivity index (χ2v) is 7.44. The van der Waals surface area contributed by atoms with Gasteiger partial charge in [0.25, 0.3) is 0 Å². The van der Waals surface area contributed by atoms with Gasteiger partial charge in [0.05, 0.1) is 5.56 Å². The van der Waals surface area contributed by atoms with E-state index < -0.39 is 11.7 Å². The van der Waals surface area contributed by atoms with Crippen LogP contribution in [0.15, 0.2) is 48.5 Å². The third-order valence-corrected chi connectivity index (χ3v) is 4.99. The highest BCUT2D eigenvalue weighted by Crippen LogP contribution is 2.30. The van der Waals surface area contributed by atoms with Crippen LogP contribution in [0.1, 0.15) is 17.5 Å². The number of benzene rings is 2. The predicted molar refractivity (Wildman–Crippen MR) is 108 cm³/mol. The van der Waals surface area contributed by atoms with E-state index in [9.17, 15) is 13.2 Å². The summed E-state index contributed by atoms with van der Waals surface area (Å²) in [6.07, 6.45) is -3.48. The predicted octanol–water partition coefficient (Wildman–Crippen LogP) is 5.97. The zero-order chi connectivity index (χ0) is 19.0. The fourth-order valence-electron chi connectivity index (χ4n) is 2.10. The van der Waals surface area contributed by atoms with E-state index in [-0.39, 0.29) is 0 Å². The number of hydrogen-bond acceptors (Lipinski definition) is 2. The van der Waals surface area contributed by atoms with Crippen LogP contribution >= 0.6 is 35.6 Å². The molecule has 0 amide bonds. The van der Waals surface area contributed by atoms with Crippen LogP contribution in [0.5, 0.6) is 0 Å². The van der Waals surface area contributed by atoms with Crippen molar-refractivity contribution in [1.82, 2.24) is 5.32 Å². The van der Waals surface area contributed by atoms with Gasteiger partial charge in [0.1, 0.15) is 0 Å². The first-order chi connectivity index (χ1) is 12.3. The fraction of sp³-hybridized carbons (Fsp3) is 0.278. The Morgan fingerprint density at radius 1 is 1.12 bits per heavy atom. The van der Waals surface area contributed by atoms with Crippen LogP contribution in [0.25, 0.3) is 0 Å². The highest BCUT2D eigenvalue weighted by Gasteiger charge is 2.30. The molecule has 0 unspecified atom stereocenters. The molecular formula is C18H18ClF3N2S2. The SMILES string of the molecule is FC(F)(F)c1cccc(NC(=S)NCCCSCc2ccc(Cl)cc2)c1. The van der Waals surface area contributed by atoms with Crippen molar-refractivity contribution in [3.63, 3.8) is 0 Å². The molecule has 0 spiro atoms. The normalized spacial score (nSPS) is 11.2. The van der Waals surface area contributed by atoms with Crippen molar-refractivity contribution in [2.75, 3.05) is 17.6 Å². The molecule has 0 aromatic heterocycles. The van der Waals surface area contributed by atoms with E-state index in [1.54, 1.807) is 17.8 Å². The van der Waals surface area contributed by atoms with E-state index >= 15 is 0 Å². The van der Waals surface area contributed by atoms with Gasteiger partial charge in [0, 0.05) is 23.0 Å². The molecule has 8 heteroatoms. The lowest BCUT2D eigenvalue weighted by Crippen LogP contribution is -2.29. The van der Waals surface area contributed by atoms with E-state index in [2.05, 4.69) is 10.6 Å². The zero-order valence-corrected chi connectivity index (χ0v) is 16.2. The minimum atomic E-state index is -4.37. The summed E-state index contributed by atoms with van der Waals surface area (Å²) in [4.78, 5) is 0. The van der Waals surface area contributed by atoms with Crippen LogP contribution in [0.2, 0.25) is 5.02 Å². The largest absolute Gasteiger partial charge is 0.416 e. The summed E-state index contributed by atoms with van der Waals surface area (Å²) in [6, 6.07) is 12.7. The number of alkyl halides is 3. The Morgan fingerprint density at radius 2 is 1.85 bits per heavy atom.